The van der Waals surface area contributed by atoms with Crippen LogP contribution in [0.15, 0.2) is 48.5 Å². The van der Waals surface area contributed by atoms with Crippen molar-refractivity contribution in [3.05, 3.63) is 54.1 Å². The third-order valence-electron chi connectivity index (χ3n) is 2.84. The molecule has 0 bridgehead atoms. The van der Waals surface area contributed by atoms with Crippen LogP contribution in [0.5, 0.6) is 5.75 Å². The lowest BCUT2D eigenvalue weighted by molar-refractivity contribution is -0.136. The first kappa shape index (κ1) is 14.1. The Morgan fingerprint density at radius 3 is 2.60 bits per heavy atom. The molecule has 0 radical (unpaired) electrons. The maximum absolute atomic E-state index is 10.8. The van der Waals surface area contributed by atoms with E-state index in [4.69, 9.17) is 9.84 Å². The van der Waals surface area contributed by atoms with Crippen molar-refractivity contribution in [3.63, 3.8) is 0 Å². The van der Waals surface area contributed by atoms with E-state index in [2.05, 4.69) is 0 Å². The lowest BCUT2D eigenvalue weighted by Gasteiger charge is -2.14. The Labute approximate surface area is 118 Å². The highest BCUT2D eigenvalue weighted by atomic mass is 16.5. The molecule has 0 saturated heterocycles. The van der Waals surface area contributed by atoms with Gasteiger partial charge in [0.15, 0.2) is 0 Å². The predicted octanol–water partition coefficient (Wildman–Crippen LogP) is 3.77. The molecule has 0 unspecified atom stereocenters. The molecule has 0 aliphatic heterocycles. The number of aliphatic carboxylic acids is 1. The molecule has 2 aromatic carbocycles. The summed E-state index contributed by atoms with van der Waals surface area (Å²) in [5, 5.41) is 8.88. The number of carboxylic acids is 1. The third-order valence-corrected chi connectivity index (χ3v) is 2.84. The van der Waals surface area contributed by atoms with Gasteiger partial charge in [-0.2, -0.15) is 0 Å². The number of hydrogen-bond donors (Lipinski definition) is 1. The van der Waals surface area contributed by atoms with Crippen molar-refractivity contribution in [2.45, 2.75) is 26.4 Å². The van der Waals surface area contributed by atoms with E-state index in [9.17, 15) is 4.79 Å². The summed E-state index contributed by atoms with van der Waals surface area (Å²) in [4.78, 5) is 10.8. The standard InChI is InChI=1S/C17H18O3/c1-12(2)20-16-9-4-3-8-15(16)14-7-5-6-13(10-14)11-17(18)19/h3-10,12H,11H2,1-2H3,(H,18,19). The molecule has 0 aromatic heterocycles. The van der Waals surface area contributed by atoms with Gasteiger partial charge in [-0.3, -0.25) is 4.79 Å². The van der Waals surface area contributed by atoms with Crippen molar-refractivity contribution in [3.8, 4) is 16.9 Å². The monoisotopic (exact) mass is 270 g/mol. The summed E-state index contributed by atoms with van der Waals surface area (Å²) in [6, 6.07) is 15.4. The Morgan fingerprint density at radius 2 is 1.90 bits per heavy atom. The summed E-state index contributed by atoms with van der Waals surface area (Å²) < 4.78 is 5.80. The molecule has 0 saturated carbocycles. The molecule has 0 amide bonds. The maximum atomic E-state index is 10.8. The van der Waals surface area contributed by atoms with Gasteiger partial charge in [-0.25, -0.2) is 0 Å². The molecule has 3 nitrogen and oxygen atoms in total. The van der Waals surface area contributed by atoms with Crippen LogP contribution in [-0.2, 0) is 11.2 Å². The minimum atomic E-state index is -0.825. The molecule has 0 aliphatic carbocycles. The van der Waals surface area contributed by atoms with Crippen LogP contribution in [0.2, 0.25) is 0 Å². The molecule has 20 heavy (non-hydrogen) atoms. The van der Waals surface area contributed by atoms with Gasteiger partial charge >= 0.3 is 5.97 Å². The fraction of sp³-hybridized carbons (Fsp3) is 0.235. The van der Waals surface area contributed by atoms with Gasteiger partial charge in [0.1, 0.15) is 5.75 Å². The SMILES string of the molecule is CC(C)Oc1ccccc1-c1cccc(CC(=O)O)c1. The minimum Gasteiger partial charge on any atom is -0.490 e. The van der Waals surface area contributed by atoms with E-state index in [0.717, 1.165) is 22.4 Å². The van der Waals surface area contributed by atoms with Gasteiger partial charge in [0.05, 0.1) is 12.5 Å². The van der Waals surface area contributed by atoms with E-state index < -0.39 is 5.97 Å². The zero-order valence-electron chi connectivity index (χ0n) is 11.7. The molecule has 104 valence electrons. The smallest absolute Gasteiger partial charge is 0.307 e. The zero-order valence-corrected chi connectivity index (χ0v) is 11.7. The highest BCUT2D eigenvalue weighted by Gasteiger charge is 2.08. The van der Waals surface area contributed by atoms with Crippen LogP contribution in [0.1, 0.15) is 19.4 Å². The molecule has 0 fully saturated rings. The first-order valence-electron chi connectivity index (χ1n) is 6.63. The van der Waals surface area contributed by atoms with Crippen LogP contribution in [0.4, 0.5) is 0 Å². The predicted molar refractivity (Wildman–Crippen MR) is 79.0 cm³/mol. The first-order valence-corrected chi connectivity index (χ1v) is 6.63. The molecule has 0 spiro atoms. The van der Waals surface area contributed by atoms with Crippen molar-refractivity contribution in [2.24, 2.45) is 0 Å². The highest BCUT2D eigenvalue weighted by molar-refractivity contribution is 5.74. The van der Waals surface area contributed by atoms with Gasteiger partial charge in [0.25, 0.3) is 0 Å². The van der Waals surface area contributed by atoms with E-state index in [-0.39, 0.29) is 12.5 Å². The van der Waals surface area contributed by atoms with Crippen molar-refractivity contribution < 1.29 is 14.6 Å². The normalized spacial score (nSPS) is 10.6. The Morgan fingerprint density at radius 1 is 1.15 bits per heavy atom. The second kappa shape index (κ2) is 6.24. The summed E-state index contributed by atoms with van der Waals surface area (Å²) in [5.41, 5.74) is 2.74. The number of hydrogen-bond acceptors (Lipinski definition) is 2. The largest absolute Gasteiger partial charge is 0.490 e. The fourth-order valence-corrected chi connectivity index (χ4v) is 2.09. The molecule has 0 heterocycles. The average Bonchev–Trinajstić information content (AvgIpc) is 2.38. The van der Waals surface area contributed by atoms with Crippen LogP contribution < -0.4 is 4.74 Å². The number of carbonyl (C=O) groups is 1. The minimum absolute atomic E-state index is 0.0288. The Bertz CT molecular complexity index is 603. The molecular formula is C17H18O3. The molecule has 2 aromatic rings. The molecule has 2 rings (SSSR count). The first-order chi connectivity index (χ1) is 9.56. The summed E-state index contributed by atoms with van der Waals surface area (Å²) >= 11 is 0. The van der Waals surface area contributed by atoms with Crippen molar-refractivity contribution >= 4 is 5.97 Å². The van der Waals surface area contributed by atoms with Crippen molar-refractivity contribution in [1.82, 2.24) is 0 Å². The number of ether oxygens (including phenoxy) is 1. The topological polar surface area (TPSA) is 46.5 Å². The van der Waals surface area contributed by atoms with Gasteiger partial charge < -0.3 is 9.84 Å². The number of rotatable bonds is 5. The quantitative estimate of drug-likeness (QED) is 0.899. The number of benzene rings is 2. The third kappa shape index (κ3) is 3.60. The van der Waals surface area contributed by atoms with Crippen molar-refractivity contribution in [2.75, 3.05) is 0 Å². The highest BCUT2D eigenvalue weighted by Crippen LogP contribution is 2.31. The number of para-hydroxylation sites is 1. The van der Waals surface area contributed by atoms with Gasteiger partial charge in [-0.15, -0.1) is 0 Å². The van der Waals surface area contributed by atoms with E-state index in [1.54, 1.807) is 0 Å². The molecule has 3 heteroatoms. The molecule has 1 N–H and O–H groups in total. The van der Waals surface area contributed by atoms with Gasteiger partial charge in [0, 0.05) is 5.56 Å². The Kier molecular flexibility index (Phi) is 4.41. The van der Waals surface area contributed by atoms with Gasteiger partial charge in [-0.1, -0.05) is 42.5 Å². The fourth-order valence-electron chi connectivity index (χ4n) is 2.09. The molecular weight excluding hydrogens is 252 g/mol. The summed E-state index contributed by atoms with van der Waals surface area (Å²) in [6.07, 6.45) is 0.125. The van der Waals surface area contributed by atoms with E-state index in [1.165, 1.54) is 0 Å². The summed E-state index contributed by atoms with van der Waals surface area (Å²) in [5.74, 6) is -0.0103. The molecule has 0 atom stereocenters. The zero-order chi connectivity index (χ0) is 14.5. The second-order valence-electron chi connectivity index (χ2n) is 4.93. The number of carboxylic acid groups (broad SMARTS) is 1. The lowest BCUT2D eigenvalue weighted by Crippen LogP contribution is -2.06. The Hall–Kier alpha value is -2.29. The van der Waals surface area contributed by atoms with Gasteiger partial charge in [-0.05, 0) is 31.0 Å². The van der Waals surface area contributed by atoms with Crippen LogP contribution >= 0.6 is 0 Å². The molecule has 0 aliphatic rings. The van der Waals surface area contributed by atoms with Crippen LogP contribution in [-0.4, -0.2) is 17.2 Å². The van der Waals surface area contributed by atoms with Crippen molar-refractivity contribution in [1.29, 1.82) is 0 Å². The van der Waals surface area contributed by atoms with E-state index >= 15 is 0 Å². The Balaban J connectivity index is 2.38. The van der Waals surface area contributed by atoms with E-state index in [0.29, 0.717) is 0 Å². The van der Waals surface area contributed by atoms with Crippen LogP contribution in [0.25, 0.3) is 11.1 Å². The lowest BCUT2D eigenvalue weighted by atomic mass is 10.0. The second-order valence-corrected chi connectivity index (χ2v) is 4.93. The van der Waals surface area contributed by atoms with Crippen LogP contribution in [0.3, 0.4) is 0 Å². The van der Waals surface area contributed by atoms with Gasteiger partial charge in [0.2, 0.25) is 0 Å². The van der Waals surface area contributed by atoms with E-state index in [1.807, 2.05) is 62.4 Å². The average molecular weight is 270 g/mol. The summed E-state index contributed by atoms with van der Waals surface area (Å²) in [6.45, 7) is 3.97. The van der Waals surface area contributed by atoms with Crippen LogP contribution in [0, 0.1) is 0 Å². The maximum Gasteiger partial charge on any atom is 0.307 e. The summed E-state index contributed by atoms with van der Waals surface area (Å²) in [7, 11) is 0.